The van der Waals surface area contributed by atoms with Gasteiger partial charge in [0.05, 0.1) is 11.6 Å². The molecule has 25 heavy (non-hydrogen) atoms. The molecule has 0 bridgehead atoms. The van der Waals surface area contributed by atoms with Crippen LogP contribution < -0.4 is 5.32 Å². The first-order valence-electron chi connectivity index (χ1n) is 8.63. The number of nitrogens with zero attached hydrogens (tertiary/aromatic N) is 3. The molecule has 2 rings (SSSR count). The minimum absolute atomic E-state index is 0.129. The Labute approximate surface area is 149 Å². The molecule has 2 aromatic rings. The second-order valence-electron chi connectivity index (χ2n) is 7.45. The molecule has 136 valence electrons. The summed E-state index contributed by atoms with van der Waals surface area (Å²) in [5, 5.41) is 16.9. The van der Waals surface area contributed by atoms with E-state index in [0.717, 1.165) is 17.8 Å². The van der Waals surface area contributed by atoms with Crippen molar-refractivity contribution < 1.29 is 9.90 Å². The van der Waals surface area contributed by atoms with Gasteiger partial charge in [0.25, 0.3) is 5.91 Å². The summed E-state index contributed by atoms with van der Waals surface area (Å²) < 4.78 is 1.69. The van der Waals surface area contributed by atoms with Gasteiger partial charge in [0, 0.05) is 12.6 Å². The zero-order valence-corrected chi connectivity index (χ0v) is 15.7. The number of hydrogen-bond donors (Lipinski definition) is 2. The summed E-state index contributed by atoms with van der Waals surface area (Å²) in [6.07, 6.45) is 2.95. The van der Waals surface area contributed by atoms with Gasteiger partial charge in [0.2, 0.25) is 0 Å². The van der Waals surface area contributed by atoms with Crippen molar-refractivity contribution in [2.45, 2.75) is 52.2 Å². The van der Waals surface area contributed by atoms with Crippen LogP contribution in [0.2, 0.25) is 0 Å². The monoisotopic (exact) mass is 344 g/mol. The quantitative estimate of drug-likeness (QED) is 0.809. The van der Waals surface area contributed by atoms with E-state index in [0.29, 0.717) is 12.0 Å². The Morgan fingerprint density at radius 1 is 1.28 bits per heavy atom. The Kier molecular flexibility index (Phi) is 5.95. The Morgan fingerprint density at radius 3 is 2.40 bits per heavy atom. The fraction of sp³-hybridized carbons (Fsp3) is 0.526. The molecule has 1 heterocycles. The average Bonchev–Trinajstić information content (AvgIpc) is 2.95. The Bertz CT molecular complexity index is 699. The lowest BCUT2D eigenvalue weighted by Gasteiger charge is -2.21. The average molecular weight is 344 g/mol. The molecule has 0 unspecified atom stereocenters. The minimum Gasteiger partial charge on any atom is -0.390 e. The Morgan fingerprint density at radius 2 is 1.92 bits per heavy atom. The molecular formula is C19H28N4O2. The van der Waals surface area contributed by atoms with Crippen molar-refractivity contribution in [1.82, 2.24) is 20.1 Å². The van der Waals surface area contributed by atoms with Gasteiger partial charge in [0.15, 0.2) is 0 Å². The summed E-state index contributed by atoms with van der Waals surface area (Å²) >= 11 is 0. The zero-order chi connectivity index (χ0) is 18.6. The van der Waals surface area contributed by atoms with Crippen LogP contribution in [0.15, 0.2) is 30.6 Å². The van der Waals surface area contributed by atoms with Gasteiger partial charge in [-0.3, -0.25) is 9.48 Å². The van der Waals surface area contributed by atoms with E-state index in [4.69, 9.17) is 0 Å². The summed E-state index contributed by atoms with van der Waals surface area (Å²) in [5.74, 6) is 0.804. The van der Waals surface area contributed by atoms with Crippen LogP contribution >= 0.6 is 0 Å². The zero-order valence-electron chi connectivity index (χ0n) is 15.7. The van der Waals surface area contributed by atoms with Crippen LogP contribution in [0.4, 0.5) is 0 Å². The van der Waals surface area contributed by atoms with Crippen LogP contribution in [-0.2, 0) is 13.5 Å². The smallest absolute Gasteiger partial charge is 0.251 e. The highest BCUT2D eigenvalue weighted by molar-refractivity contribution is 5.94. The molecule has 0 aliphatic heterocycles. The number of aromatic nitrogens is 3. The number of benzene rings is 1. The van der Waals surface area contributed by atoms with Crippen molar-refractivity contribution >= 4 is 5.91 Å². The molecule has 1 aromatic heterocycles. The number of amides is 1. The van der Waals surface area contributed by atoms with E-state index in [-0.39, 0.29) is 17.9 Å². The highest BCUT2D eigenvalue weighted by atomic mass is 16.3. The fourth-order valence-electron chi connectivity index (χ4n) is 2.61. The molecule has 6 nitrogen and oxygen atoms in total. The second-order valence-corrected chi connectivity index (χ2v) is 7.45. The van der Waals surface area contributed by atoms with Crippen molar-refractivity contribution in [1.29, 1.82) is 0 Å². The molecule has 0 saturated carbocycles. The van der Waals surface area contributed by atoms with Crippen LogP contribution in [0.1, 0.15) is 61.9 Å². The first-order valence-corrected chi connectivity index (χ1v) is 8.63. The topological polar surface area (TPSA) is 80.0 Å². The van der Waals surface area contributed by atoms with Gasteiger partial charge >= 0.3 is 0 Å². The third kappa shape index (κ3) is 5.39. The summed E-state index contributed by atoms with van der Waals surface area (Å²) in [4.78, 5) is 16.8. The largest absolute Gasteiger partial charge is 0.390 e. The van der Waals surface area contributed by atoms with Crippen molar-refractivity contribution in [2.24, 2.45) is 13.0 Å². The summed E-state index contributed by atoms with van der Waals surface area (Å²) in [6, 6.07) is 7.32. The van der Waals surface area contributed by atoms with E-state index < -0.39 is 5.60 Å². The van der Waals surface area contributed by atoms with Crippen molar-refractivity contribution in [3.63, 3.8) is 0 Å². The van der Waals surface area contributed by atoms with Gasteiger partial charge in [0.1, 0.15) is 12.2 Å². The third-order valence-electron chi connectivity index (χ3n) is 4.22. The molecule has 1 atom stereocenters. The molecule has 0 saturated heterocycles. The number of hydrogen-bond acceptors (Lipinski definition) is 4. The van der Waals surface area contributed by atoms with Crippen molar-refractivity contribution in [2.75, 3.05) is 0 Å². The summed E-state index contributed by atoms with van der Waals surface area (Å²) in [5.41, 5.74) is 1.03. The Hall–Kier alpha value is -2.21. The van der Waals surface area contributed by atoms with Gasteiger partial charge < -0.3 is 10.4 Å². The second kappa shape index (κ2) is 7.78. The SMILES string of the molecule is CC(C)[C@H](NC(=O)c1ccc(CCC(C)(C)O)cc1)c1ncnn1C. The number of carbonyl (C=O) groups is 1. The van der Waals surface area contributed by atoms with E-state index in [2.05, 4.69) is 15.4 Å². The summed E-state index contributed by atoms with van der Waals surface area (Å²) in [7, 11) is 1.82. The van der Waals surface area contributed by atoms with E-state index in [9.17, 15) is 9.90 Å². The predicted octanol–water partition coefficient (Wildman–Crippen LogP) is 2.65. The highest BCUT2D eigenvalue weighted by Crippen LogP contribution is 2.20. The molecule has 0 radical (unpaired) electrons. The summed E-state index contributed by atoms with van der Waals surface area (Å²) in [6.45, 7) is 7.68. The maximum Gasteiger partial charge on any atom is 0.251 e. The fourth-order valence-corrected chi connectivity index (χ4v) is 2.61. The molecule has 0 aliphatic rings. The lowest BCUT2D eigenvalue weighted by atomic mass is 9.98. The number of carbonyl (C=O) groups excluding carboxylic acids is 1. The third-order valence-corrected chi connectivity index (χ3v) is 4.22. The molecule has 2 N–H and O–H groups in total. The molecule has 0 spiro atoms. The highest BCUT2D eigenvalue weighted by Gasteiger charge is 2.23. The minimum atomic E-state index is -0.684. The van der Waals surface area contributed by atoms with Crippen LogP contribution in [-0.4, -0.2) is 31.4 Å². The van der Waals surface area contributed by atoms with Crippen molar-refractivity contribution in [3.8, 4) is 0 Å². The lowest BCUT2D eigenvalue weighted by Crippen LogP contribution is -2.33. The molecule has 1 amide bonds. The van der Waals surface area contributed by atoms with Gasteiger partial charge in [-0.1, -0.05) is 26.0 Å². The van der Waals surface area contributed by atoms with Crippen LogP contribution in [0.25, 0.3) is 0 Å². The van der Waals surface area contributed by atoms with E-state index in [1.165, 1.54) is 6.33 Å². The number of aliphatic hydroxyl groups is 1. The first kappa shape index (κ1) is 19.1. The van der Waals surface area contributed by atoms with Crippen molar-refractivity contribution in [3.05, 3.63) is 47.5 Å². The number of aryl methyl sites for hydroxylation is 2. The van der Waals surface area contributed by atoms with Crippen LogP contribution in [0.5, 0.6) is 0 Å². The van der Waals surface area contributed by atoms with Crippen LogP contribution in [0, 0.1) is 5.92 Å². The maximum absolute atomic E-state index is 12.6. The van der Waals surface area contributed by atoms with E-state index in [1.54, 1.807) is 18.5 Å². The molecular weight excluding hydrogens is 316 g/mol. The van der Waals surface area contributed by atoms with Crippen LogP contribution in [0.3, 0.4) is 0 Å². The standard InChI is InChI=1S/C19H28N4O2/c1-13(2)16(17-20-12-21-23(17)5)22-18(24)15-8-6-14(7-9-15)10-11-19(3,4)25/h6-9,12-13,16,25H,10-11H2,1-5H3,(H,22,24)/t16-/m0/s1. The van der Waals surface area contributed by atoms with Gasteiger partial charge in [-0.05, 0) is 50.3 Å². The van der Waals surface area contributed by atoms with E-state index in [1.807, 2.05) is 45.2 Å². The van der Waals surface area contributed by atoms with Gasteiger partial charge in [-0.15, -0.1) is 0 Å². The molecule has 1 aromatic carbocycles. The molecule has 6 heteroatoms. The first-order chi connectivity index (χ1) is 11.7. The molecule has 0 fully saturated rings. The lowest BCUT2D eigenvalue weighted by molar-refractivity contribution is 0.0713. The number of rotatable bonds is 7. The Balaban J connectivity index is 2.05. The predicted molar refractivity (Wildman–Crippen MR) is 97.1 cm³/mol. The number of nitrogens with one attached hydrogen (secondary N) is 1. The van der Waals surface area contributed by atoms with Gasteiger partial charge in [-0.25, -0.2) is 4.98 Å². The van der Waals surface area contributed by atoms with Gasteiger partial charge in [-0.2, -0.15) is 5.10 Å². The molecule has 0 aliphatic carbocycles. The van der Waals surface area contributed by atoms with E-state index >= 15 is 0 Å². The maximum atomic E-state index is 12.6. The normalized spacial score (nSPS) is 13.1.